The van der Waals surface area contributed by atoms with Crippen molar-refractivity contribution in [3.8, 4) is 11.5 Å². The van der Waals surface area contributed by atoms with Gasteiger partial charge in [-0.25, -0.2) is 0 Å². The predicted octanol–water partition coefficient (Wildman–Crippen LogP) is 3.06. The second kappa shape index (κ2) is 7.53. The molecule has 0 spiro atoms. The van der Waals surface area contributed by atoms with Crippen LogP contribution in [0.3, 0.4) is 0 Å². The van der Waals surface area contributed by atoms with Gasteiger partial charge in [0.15, 0.2) is 11.5 Å². The average molecular weight is 364 g/mol. The Labute approximate surface area is 161 Å². The van der Waals surface area contributed by atoms with E-state index < -0.39 is 0 Å². The molecule has 2 atom stereocenters. The third kappa shape index (κ3) is 3.56. The molecule has 2 aromatic carbocycles. The quantitative estimate of drug-likeness (QED) is 0.908. The van der Waals surface area contributed by atoms with Gasteiger partial charge in [0, 0.05) is 38.6 Å². The largest absolute Gasteiger partial charge is 0.486 e. The first kappa shape index (κ1) is 17.1. The van der Waals surface area contributed by atoms with Crippen LogP contribution in [0, 0.1) is 5.92 Å². The highest BCUT2D eigenvalue weighted by Crippen LogP contribution is 2.42. The molecule has 2 aliphatic heterocycles. The zero-order chi connectivity index (χ0) is 18.1. The highest BCUT2D eigenvalue weighted by molar-refractivity contribution is 5.48. The monoisotopic (exact) mass is 364 g/mol. The molecule has 2 heterocycles. The average Bonchev–Trinajstić information content (AvgIpc) is 2.73. The lowest BCUT2D eigenvalue weighted by atomic mass is 9.73. The van der Waals surface area contributed by atoms with Gasteiger partial charge in [0.05, 0.1) is 0 Å². The molecule has 0 amide bonds. The van der Waals surface area contributed by atoms with Crippen LogP contribution in [0.4, 0.5) is 0 Å². The topological polar surface area (TPSA) is 33.7 Å². The van der Waals surface area contributed by atoms with Crippen LogP contribution in [0.15, 0.2) is 42.5 Å². The van der Waals surface area contributed by atoms with E-state index in [0.29, 0.717) is 25.0 Å². The highest BCUT2D eigenvalue weighted by Gasteiger charge is 2.30. The molecular formula is C23H28N2O2. The van der Waals surface area contributed by atoms with Gasteiger partial charge >= 0.3 is 0 Å². The van der Waals surface area contributed by atoms with E-state index in [4.69, 9.17) is 9.47 Å². The normalized spacial score (nSPS) is 25.0. The van der Waals surface area contributed by atoms with Crippen molar-refractivity contribution in [2.24, 2.45) is 5.92 Å². The van der Waals surface area contributed by atoms with E-state index in [1.165, 1.54) is 49.2 Å². The Kier molecular flexibility index (Phi) is 4.76. The molecule has 1 saturated heterocycles. The van der Waals surface area contributed by atoms with Crippen molar-refractivity contribution in [2.45, 2.75) is 18.8 Å². The minimum absolute atomic E-state index is 0.443. The van der Waals surface area contributed by atoms with E-state index in [2.05, 4.69) is 52.7 Å². The highest BCUT2D eigenvalue weighted by atomic mass is 16.6. The van der Waals surface area contributed by atoms with Gasteiger partial charge < -0.3 is 19.7 Å². The van der Waals surface area contributed by atoms with Crippen LogP contribution in [0.2, 0.25) is 0 Å². The summed E-state index contributed by atoms with van der Waals surface area (Å²) < 4.78 is 11.6. The first-order valence-corrected chi connectivity index (χ1v) is 10.3. The predicted molar refractivity (Wildman–Crippen MR) is 107 cm³/mol. The molecule has 4 nitrogen and oxygen atoms in total. The molecule has 4 heteroatoms. The maximum atomic E-state index is 5.85. The van der Waals surface area contributed by atoms with Crippen LogP contribution in [-0.4, -0.2) is 50.8 Å². The van der Waals surface area contributed by atoms with Gasteiger partial charge in [0.2, 0.25) is 0 Å². The summed E-state index contributed by atoms with van der Waals surface area (Å²) in [6.07, 6.45) is 2.40. The molecule has 1 aliphatic carbocycles. The van der Waals surface area contributed by atoms with Gasteiger partial charge in [0.25, 0.3) is 0 Å². The van der Waals surface area contributed by atoms with Crippen LogP contribution in [0.25, 0.3) is 0 Å². The standard InChI is InChI=1S/C23H28N2O2/c1-2-4-20-18(3-1)13-17(16-25-9-7-24-8-10-25)14-21(20)19-5-6-22-23(15-19)27-12-11-26-22/h1-6,15,17,21,24H,7-14,16H2. The molecule has 1 fully saturated rings. The van der Waals surface area contributed by atoms with Crippen molar-refractivity contribution in [1.29, 1.82) is 0 Å². The fraction of sp³-hybridized carbons (Fsp3) is 0.478. The molecule has 27 heavy (non-hydrogen) atoms. The lowest BCUT2D eigenvalue weighted by Gasteiger charge is -2.36. The summed E-state index contributed by atoms with van der Waals surface area (Å²) in [4.78, 5) is 2.63. The Bertz CT molecular complexity index is 801. The number of rotatable bonds is 3. The fourth-order valence-corrected chi connectivity index (χ4v) is 4.90. The van der Waals surface area contributed by atoms with Gasteiger partial charge in [-0.15, -0.1) is 0 Å². The third-order valence-electron chi connectivity index (χ3n) is 6.20. The molecule has 0 aromatic heterocycles. The third-order valence-corrected chi connectivity index (χ3v) is 6.20. The molecule has 1 N–H and O–H groups in total. The van der Waals surface area contributed by atoms with E-state index in [0.717, 1.165) is 24.6 Å². The number of benzene rings is 2. The van der Waals surface area contributed by atoms with E-state index in [9.17, 15) is 0 Å². The molecule has 2 unspecified atom stereocenters. The van der Waals surface area contributed by atoms with Crippen molar-refractivity contribution >= 4 is 0 Å². The molecule has 2 aromatic rings. The number of nitrogens with zero attached hydrogens (tertiary/aromatic N) is 1. The number of piperazine rings is 1. The van der Waals surface area contributed by atoms with Crippen molar-refractivity contribution in [3.63, 3.8) is 0 Å². The van der Waals surface area contributed by atoms with Gasteiger partial charge in [-0.3, -0.25) is 0 Å². The molecule has 142 valence electrons. The zero-order valence-electron chi connectivity index (χ0n) is 15.8. The molecule has 5 rings (SSSR count). The van der Waals surface area contributed by atoms with Gasteiger partial charge in [0.1, 0.15) is 13.2 Å². The molecule has 0 radical (unpaired) electrons. The van der Waals surface area contributed by atoms with Crippen molar-refractivity contribution in [3.05, 3.63) is 59.2 Å². The van der Waals surface area contributed by atoms with Gasteiger partial charge in [-0.2, -0.15) is 0 Å². The van der Waals surface area contributed by atoms with Crippen LogP contribution < -0.4 is 14.8 Å². The summed E-state index contributed by atoms with van der Waals surface area (Å²) >= 11 is 0. The number of hydrogen-bond acceptors (Lipinski definition) is 4. The number of hydrogen-bond donors (Lipinski definition) is 1. The van der Waals surface area contributed by atoms with Crippen LogP contribution >= 0.6 is 0 Å². The first-order chi connectivity index (χ1) is 13.4. The molecule has 3 aliphatic rings. The minimum atomic E-state index is 0.443. The summed E-state index contributed by atoms with van der Waals surface area (Å²) in [5, 5.41) is 3.46. The summed E-state index contributed by atoms with van der Waals surface area (Å²) in [6, 6.07) is 15.5. The molecule has 0 saturated carbocycles. The van der Waals surface area contributed by atoms with Gasteiger partial charge in [-0.1, -0.05) is 30.3 Å². The lowest BCUT2D eigenvalue weighted by molar-refractivity contribution is 0.171. The second-order valence-electron chi connectivity index (χ2n) is 8.01. The summed E-state index contributed by atoms with van der Waals surface area (Å²) in [5.41, 5.74) is 4.37. The lowest BCUT2D eigenvalue weighted by Crippen LogP contribution is -2.46. The van der Waals surface area contributed by atoms with Gasteiger partial charge in [-0.05, 0) is 47.6 Å². The fourth-order valence-electron chi connectivity index (χ4n) is 4.90. The Morgan fingerprint density at radius 2 is 1.78 bits per heavy atom. The molecular weight excluding hydrogens is 336 g/mol. The minimum Gasteiger partial charge on any atom is -0.486 e. The van der Waals surface area contributed by atoms with Crippen molar-refractivity contribution < 1.29 is 9.47 Å². The first-order valence-electron chi connectivity index (χ1n) is 10.3. The summed E-state index contributed by atoms with van der Waals surface area (Å²) in [7, 11) is 0. The Balaban J connectivity index is 1.43. The maximum absolute atomic E-state index is 5.85. The smallest absolute Gasteiger partial charge is 0.161 e. The maximum Gasteiger partial charge on any atom is 0.161 e. The van der Waals surface area contributed by atoms with Crippen molar-refractivity contribution in [1.82, 2.24) is 10.2 Å². The van der Waals surface area contributed by atoms with E-state index in [-0.39, 0.29) is 0 Å². The summed E-state index contributed by atoms with van der Waals surface area (Å²) in [5.74, 6) is 2.93. The van der Waals surface area contributed by atoms with E-state index in [1.54, 1.807) is 0 Å². The van der Waals surface area contributed by atoms with Crippen molar-refractivity contribution in [2.75, 3.05) is 45.9 Å². The Morgan fingerprint density at radius 3 is 2.67 bits per heavy atom. The summed E-state index contributed by atoms with van der Waals surface area (Å²) in [6.45, 7) is 7.08. The Morgan fingerprint density at radius 1 is 0.963 bits per heavy atom. The van der Waals surface area contributed by atoms with Crippen LogP contribution in [0.1, 0.15) is 29.0 Å². The number of nitrogens with one attached hydrogen (secondary N) is 1. The molecule has 0 bridgehead atoms. The van der Waals surface area contributed by atoms with E-state index >= 15 is 0 Å². The van der Waals surface area contributed by atoms with E-state index in [1.807, 2.05) is 0 Å². The number of fused-ring (bicyclic) bond motifs is 2. The van der Waals surface area contributed by atoms with Crippen LogP contribution in [0.5, 0.6) is 11.5 Å². The Hall–Kier alpha value is -2.04. The number of ether oxygens (including phenoxy) is 2. The second-order valence-corrected chi connectivity index (χ2v) is 8.01. The SMILES string of the molecule is c1ccc2c(c1)CC(CN1CCNCC1)CC2c1ccc2c(c1)OCCO2. The zero-order valence-corrected chi connectivity index (χ0v) is 15.8. The van der Waals surface area contributed by atoms with Crippen LogP contribution in [-0.2, 0) is 6.42 Å².